The first-order chi connectivity index (χ1) is 5.65. The molecule has 0 aliphatic rings. The van der Waals surface area contributed by atoms with Gasteiger partial charge in [0.1, 0.15) is 11.6 Å². The molecule has 0 amide bonds. The van der Waals surface area contributed by atoms with Crippen LogP contribution in [0.25, 0.3) is 0 Å². The zero-order valence-electron chi connectivity index (χ0n) is 6.56. The molecule has 1 rings (SSSR count). The van der Waals surface area contributed by atoms with Crippen molar-refractivity contribution in [2.75, 3.05) is 0 Å². The van der Waals surface area contributed by atoms with E-state index in [1.54, 1.807) is 0 Å². The van der Waals surface area contributed by atoms with Crippen molar-refractivity contribution >= 4 is 0 Å². The van der Waals surface area contributed by atoms with E-state index in [1.807, 2.05) is 5.48 Å². The van der Waals surface area contributed by atoms with Crippen LogP contribution in [-0.2, 0) is 6.54 Å². The molecule has 4 heteroatoms. The van der Waals surface area contributed by atoms with Gasteiger partial charge in [0.05, 0.1) is 0 Å². The largest absolute Gasteiger partial charge is 0.316 e. The first-order valence-electron chi connectivity index (χ1n) is 3.46. The second-order valence-electron chi connectivity index (χ2n) is 2.52. The van der Waals surface area contributed by atoms with Gasteiger partial charge in [-0.25, -0.2) is 14.3 Å². The molecule has 0 aliphatic heterocycles. The smallest absolute Gasteiger partial charge is 0.129 e. The Kier molecular flexibility index (Phi) is 2.73. The Morgan fingerprint density at radius 1 is 1.33 bits per heavy atom. The number of halogens is 2. The Balaban J connectivity index is 3.04. The SMILES string of the molecule is Cc1c(F)cc(CNO)cc1F. The number of rotatable bonds is 2. The molecule has 66 valence electrons. The molecule has 0 saturated carbocycles. The lowest BCUT2D eigenvalue weighted by Gasteiger charge is -2.02. The minimum absolute atomic E-state index is 0.00307. The lowest BCUT2D eigenvalue weighted by Crippen LogP contribution is -2.07. The molecule has 2 N–H and O–H groups in total. The number of hydrogen-bond donors (Lipinski definition) is 2. The van der Waals surface area contributed by atoms with Crippen LogP contribution in [0.15, 0.2) is 12.1 Å². The fourth-order valence-corrected chi connectivity index (χ4v) is 0.891. The summed E-state index contributed by atoms with van der Waals surface area (Å²) < 4.78 is 25.6. The van der Waals surface area contributed by atoms with Gasteiger partial charge in [-0.3, -0.25) is 0 Å². The van der Waals surface area contributed by atoms with Crippen molar-refractivity contribution < 1.29 is 14.0 Å². The average molecular weight is 173 g/mol. The third-order valence-electron chi connectivity index (χ3n) is 1.62. The molecule has 1 aromatic carbocycles. The minimum Gasteiger partial charge on any atom is -0.316 e. The van der Waals surface area contributed by atoms with Gasteiger partial charge < -0.3 is 5.21 Å². The van der Waals surface area contributed by atoms with Crippen LogP contribution >= 0.6 is 0 Å². The van der Waals surface area contributed by atoms with E-state index < -0.39 is 11.6 Å². The molecule has 0 aromatic heterocycles. The molecule has 0 saturated heterocycles. The van der Waals surface area contributed by atoms with Crippen molar-refractivity contribution in [1.29, 1.82) is 0 Å². The molecular formula is C8H9F2NO. The monoisotopic (exact) mass is 173 g/mol. The van der Waals surface area contributed by atoms with Gasteiger partial charge in [-0.05, 0) is 24.6 Å². The zero-order chi connectivity index (χ0) is 9.14. The van der Waals surface area contributed by atoms with E-state index in [1.165, 1.54) is 19.1 Å². The van der Waals surface area contributed by atoms with Crippen LogP contribution in [0.1, 0.15) is 11.1 Å². The van der Waals surface area contributed by atoms with E-state index in [-0.39, 0.29) is 12.1 Å². The van der Waals surface area contributed by atoms with E-state index in [0.29, 0.717) is 5.56 Å². The summed E-state index contributed by atoms with van der Waals surface area (Å²) in [7, 11) is 0. The Hall–Kier alpha value is -1.00. The van der Waals surface area contributed by atoms with Gasteiger partial charge in [-0.15, -0.1) is 0 Å². The van der Waals surface area contributed by atoms with Crippen molar-refractivity contribution in [2.45, 2.75) is 13.5 Å². The molecule has 2 nitrogen and oxygen atoms in total. The lowest BCUT2D eigenvalue weighted by atomic mass is 10.1. The van der Waals surface area contributed by atoms with Gasteiger partial charge in [-0.1, -0.05) is 0 Å². The quantitative estimate of drug-likeness (QED) is 0.668. The molecule has 0 unspecified atom stereocenters. The van der Waals surface area contributed by atoms with E-state index in [2.05, 4.69) is 0 Å². The molecule has 0 bridgehead atoms. The summed E-state index contributed by atoms with van der Waals surface area (Å²) in [6.45, 7) is 1.40. The van der Waals surface area contributed by atoms with Crippen LogP contribution in [0, 0.1) is 18.6 Å². The average Bonchev–Trinajstić information content (AvgIpc) is 2.01. The molecule has 12 heavy (non-hydrogen) atoms. The third kappa shape index (κ3) is 1.78. The van der Waals surface area contributed by atoms with Gasteiger partial charge in [0.25, 0.3) is 0 Å². The highest BCUT2D eigenvalue weighted by Gasteiger charge is 2.05. The predicted octanol–water partition coefficient (Wildman–Crippen LogP) is 1.75. The standard InChI is InChI=1S/C8H9F2NO/c1-5-7(9)2-6(4-11-12)3-8(5)10/h2-3,11-12H,4H2,1H3. The molecule has 0 radical (unpaired) electrons. The van der Waals surface area contributed by atoms with Crippen LogP contribution in [0.2, 0.25) is 0 Å². The van der Waals surface area contributed by atoms with Crippen LogP contribution in [0.5, 0.6) is 0 Å². The van der Waals surface area contributed by atoms with Crippen LogP contribution < -0.4 is 5.48 Å². The maximum Gasteiger partial charge on any atom is 0.129 e. The second-order valence-corrected chi connectivity index (χ2v) is 2.52. The maximum absolute atomic E-state index is 12.8. The molecule has 0 heterocycles. The summed E-state index contributed by atoms with van der Waals surface area (Å²) in [4.78, 5) is 0. The molecule has 0 spiro atoms. The van der Waals surface area contributed by atoms with Crippen LogP contribution in [0.4, 0.5) is 8.78 Å². The highest BCUT2D eigenvalue weighted by molar-refractivity contribution is 5.24. The fourth-order valence-electron chi connectivity index (χ4n) is 0.891. The molecule has 0 atom stereocenters. The van der Waals surface area contributed by atoms with Crippen molar-refractivity contribution in [3.05, 3.63) is 34.9 Å². The van der Waals surface area contributed by atoms with Gasteiger partial charge in [0, 0.05) is 12.1 Å². The van der Waals surface area contributed by atoms with Crippen molar-refractivity contribution in [2.24, 2.45) is 0 Å². The fraction of sp³-hybridized carbons (Fsp3) is 0.250. The van der Waals surface area contributed by atoms with Crippen molar-refractivity contribution in [3.63, 3.8) is 0 Å². The van der Waals surface area contributed by atoms with Gasteiger partial charge >= 0.3 is 0 Å². The van der Waals surface area contributed by atoms with E-state index >= 15 is 0 Å². The minimum atomic E-state index is -0.597. The highest BCUT2D eigenvalue weighted by Crippen LogP contribution is 2.13. The summed E-state index contributed by atoms with van der Waals surface area (Å²) >= 11 is 0. The number of hydrogen-bond acceptors (Lipinski definition) is 2. The van der Waals surface area contributed by atoms with Crippen LogP contribution in [-0.4, -0.2) is 5.21 Å². The molecule has 0 fully saturated rings. The Morgan fingerprint density at radius 3 is 2.25 bits per heavy atom. The summed E-state index contributed by atoms with van der Waals surface area (Å²) in [5.41, 5.74) is 2.19. The normalized spacial score (nSPS) is 10.3. The molecule has 0 aliphatic carbocycles. The van der Waals surface area contributed by atoms with Gasteiger partial charge in [0.15, 0.2) is 0 Å². The zero-order valence-corrected chi connectivity index (χ0v) is 6.56. The second kappa shape index (κ2) is 3.60. The number of benzene rings is 1. The van der Waals surface area contributed by atoms with Crippen molar-refractivity contribution in [3.8, 4) is 0 Å². The summed E-state index contributed by atoms with van der Waals surface area (Å²) in [5, 5.41) is 8.28. The Labute approximate surface area is 68.8 Å². The Morgan fingerprint density at radius 2 is 1.83 bits per heavy atom. The maximum atomic E-state index is 12.8. The van der Waals surface area contributed by atoms with Gasteiger partial charge in [-0.2, -0.15) is 0 Å². The third-order valence-corrected chi connectivity index (χ3v) is 1.62. The Bertz CT molecular complexity index is 265. The van der Waals surface area contributed by atoms with Crippen LogP contribution in [0.3, 0.4) is 0 Å². The van der Waals surface area contributed by atoms with E-state index in [4.69, 9.17) is 5.21 Å². The molecular weight excluding hydrogens is 164 g/mol. The van der Waals surface area contributed by atoms with Crippen molar-refractivity contribution in [1.82, 2.24) is 5.48 Å². The summed E-state index contributed by atoms with van der Waals surface area (Å²) in [5.74, 6) is -1.19. The van der Waals surface area contributed by atoms with E-state index in [9.17, 15) is 8.78 Å². The topological polar surface area (TPSA) is 32.3 Å². The summed E-state index contributed by atoms with van der Waals surface area (Å²) in [6.07, 6.45) is 0. The highest BCUT2D eigenvalue weighted by atomic mass is 19.1. The van der Waals surface area contributed by atoms with E-state index in [0.717, 1.165) is 0 Å². The summed E-state index contributed by atoms with van der Waals surface area (Å²) in [6, 6.07) is 2.36. The lowest BCUT2D eigenvalue weighted by molar-refractivity contribution is 0.161. The molecule has 1 aromatic rings. The number of hydroxylamine groups is 1. The first kappa shape index (κ1) is 9.09. The first-order valence-corrected chi connectivity index (χ1v) is 3.46. The number of nitrogens with one attached hydrogen (secondary N) is 1. The predicted molar refractivity (Wildman–Crippen MR) is 39.7 cm³/mol. The van der Waals surface area contributed by atoms with Gasteiger partial charge in [0.2, 0.25) is 0 Å².